The van der Waals surface area contributed by atoms with Crippen LogP contribution in [0.3, 0.4) is 0 Å². The van der Waals surface area contributed by atoms with Crippen molar-refractivity contribution in [3.8, 4) is 5.69 Å². The van der Waals surface area contributed by atoms with Crippen LogP contribution in [-0.2, 0) is 16.1 Å². The third-order valence-electron chi connectivity index (χ3n) is 3.18. The lowest BCUT2D eigenvalue weighted by atomic mass is 10.2. The van der Waals surface area contributed by atoms with E-state index in [1.807, 2.05) is 30.3 Å². The molecule has 1 aromatic heterocycles. The number of rotatable bonds is 5. The fraction of sp³-hybridized carbons (Fsp3) is 0.0588. The maximum atomic E-state index is 13.5. The van der Waals surface area contributed by atoms with Crippen LogP contribution in [0.25, 0.3) is 11.8 Å². The zero-order chi connectivity index (χ0) is 16.8. The van der Waals surface area contributed by atoms with Crippen LogP contribution in [0.1, 0.15) is 11.4 Å². The Morgan fingerprint density at radius 1 is 1.12 bits per heavy atom. The third-order valence-corrected chi connectivity index (χ3v) is 3.18. The maximum Gasteiger partial charge on any atom is 0.331 e. The SMILES string of the molecule is O=C(/C=C/c1ccccc1F)OCc1nnnn1-c1ccccc1. The Kier molecular flexibility index (Phi) is 4.71. The molecule has 0 saturated heterocycles. The molecular formula is C17H13FN4O2. The Labute approximate surface area is 137 Å². The van der Waals surface area contributed by atoms with Crippen molar-refractivity contribution in [1.29, 1.82) is 0 Å². The molecule has 0 spiro atoms. The molecule has 6 nitrogen and oxygen atoms in total. The van der Waals surface area contributed by atoms with E-state index in [0.29, 0.717) is 11.4 Å². The van der Waals surface area contributed by atoms with Crippen molar-refractivity contribution >= 4 is 12.0 Å². The van der Waals surface area contributed by atoms with E-state index >= 15 is 0 Å². The maximum absolute atomic E-state index is 13.5. The summed E-state index contributed by atoms with van der Waals surface area (Å²) < 4.78 is 20.0. The van der Waals surface area contributed by atoms with Gasteiger partial charge in [0.2, 0.25) is 0 Å². The second-order valence-electron chi connectivity index (χ2n) is 4.81. The Bertz CT molecular complexity index is 862. The molecule has 0 N–H and O–H groups in total. The largest absolute Gasteiger partial charge is 0.454 e. The van der Waals surface area contributed by atoms with Gasteiger partial charge in [0, 0.05) is 11.6 Å². The fourth-order valence-corrected chi connectivity index (χ4v) is 2.02. The standard InChI is InChI=1S/C17H13FN4O2/c18-15-9-5-4-6-13(15)10-11-17(23)24-12-16-19-20-21-22(16)14-7-2-1-3-8-14/h1-11H,12H2/b11-10+. The summed E-state index contributed by atoms with van der Waals surface area (Å²) >= 11 is 0. The molecule has 1 heterocycles. The zero-order valence-corrected chi connectivity index (χ0v) is 12.5. The Balaban J connectivity index is 1.64. The summed E-state index contributed by atoms with van der Waals surface area (Å²) in [5.41, 5.74) is 1.07. The normalized spacial score (nSPS) is 10.9. The molecule has 7 heteroatoms. The highest BCUT2D eigenvalue weighted by atomic mass is 19.1. The van der Waals surface area contributed by atoms with Crippen molar-refractivity contribution in [3.05, 3.63) is 77.9 Å². The average molecular weight is 324 g/mol. The van der Waals surface area contributed by atoms with Gasteiger partial charge in [-0.2, -0.15) is 4.68 Å². The van der Waals surface area contributed by atoms with Gasteiger partial charge in [0.25, 0.3) is 0 Å². The topological polar surface area (TPSA) is 69.9 Å². The smallest absolute Gasteiger partial charge is 0.331 e. The zero-order valence-electron chi connectivity index (χ0n) is 12.5. The number of benzene rings is 2. The van der Waals surface area contributed by atoms with Gasteiger partial charge in [0.05, 0.1) is 5.69 Å². The summed E-state index contributed by atoms with van der Waals surface area (Å²) in [6, 6.07) is 15.4. The van der Waals surface area contributed by atoms with Gasteiger partial charge >= 0.3 is 5.97 Å². The van der Waals surface area contributed by atoms with Gasteiger partial charge in [-0.05, 0) is 34.7 Å². The minimum Gasteiger partial charge on any atom is -0.454 e. The lowest BCUT2D eigenvalue weighted by molar-refractivity contribution is -0.139. The van der Waals surface area contributed by atoms with Gasteiger partial charge in [0.1, 0.15) is 5.82 Å². The second kappa shape index (κ2) is 7.28. The van der Waals surface area contributed by atoms with Crippen LogP contribution in [0.5, 0.6) is 0 Å². The number of carbonyl (C=O) groups excluding carboxylic acids is 1. The van der Waals surface area contributed by atoms with Crippen LogP contribution in [0.15, 0.2) is 60.7 Å². The molecule has 0 unspecified atom stereocenters. The van der Waals surface area contributed by atoms with E-state index in [2.05, 4.69) is 15.5 Å². The van der Waals surface area contributed by atoms with Gasteiger partial charge in [-0.1, -0.05) is 36.4 Å². The van der Waals surface area contributed by atoms with E-state index in [-0.39, 0.29) is 6.61 Å². The molecule has 120 valence electrons. The number of tetrazole rings is 1. The summed E-state index contributed by atoms with van der Waals surface area (Å²) in [4.78, 5) is 11.8. The van der Waals surface area contributed by atoms with Crippen molar-refractivity contribution in [2.24, 2.45) is 0 Å². The minimum absolute atomic E-state index is 0.0949. The monoisotopic (exact) mass is 324 g/mol. The van der Waals surface area contributed by atoms with Crippen molar-refractivity contribution in [1.82, 2.24) is 20.2 Å². The van der Waals surface area contributed by atoms with Crippen LogP contribution >= 0.6 is 0 Å². The van der Waals surface area contributed by atoms with Crippen molar-refractivity contribution in [3.63, 3.8) is 0 Å². The Morgan fingerprint density at radius 3 is 2.67 bits per heavy atom. The number of para-hydroxylation sites is 1. The fourth-order valence-electron chi connectivity index (χ4n) is 2.02. The molecule has 3 rings (SSSR count). The molecule has 0 aliphatic heterocycles. The lowest BCUT2D eigenvalue weighted by Gasteiger charge is -2.04. The first-order chi connectivity index (χ1) is 11.7. The Hall–Kier alpha value is -3.35. The number of esters is 1. The Morgan fingerprint density at radius 2 is 1.88 bits per heavy atom. The van der Waals surface area contributed by atoms with Crippen LogP contribution in [-0.4, -0.2) is 26.2 Å². The quantitative estimate of drug-likeness (QED) is 0.533. The number of nitrogens with zero attached hydrogens (tertiary/aromatic N) is 4. The molecular weight excluding hydrogens is 311 g/mol. The molecule has 0 fully saturated rings. The van der Waals surface area contributed by atoms with E-state index < -0.39 is 11.8 Å². The highest BCUT2D eigenvalue weighted by molar-refractivity contribution is 5.87. The number of carbonyl (C=O) groups is 1. The number of aromatic nitrogens is 4. The molecule has 0 bridgehead atoms. The first-order valence-electron chi connectivity index (χ1n) is 7.16. The predicted octanol–water partition coefficient (Wildman–Crippen LogP) is 2.56. The first-order valence-corrected chi connectivity index (χ1v) is 7.16. The van der Waals surface area contributed by atoms with Crippen molar-refractivity contribution in [2.75, 3.05) is 0 Å². The van der Waals surface area contributed by atoms with Crippen LogP contribution in [0, 0.1) is 5.82 Å². The highest BCUT2D eigenvalue weighted by Crippen LogP contribution is 2.10. The molecule has 0 aliphatic rings. The lowest BCUT2D eigenvalue weighted by Crippen LogP contribution is -2.08. The summed E-state index contributed by atoms with van der Waals surface area (Å²) in [5.74, 6) is -0.635. The van der Waals surface area contributed by atoms with Gasteiger partial charge < -0.3 is 4.74 Å². The van der Waals surface area contributed by atoms with Gasteiger partial charge in [-0.25, -0.2) is 9.18 Å². The molecule has 0 aliphatic carbocycles. The van der Waals surface area contributed by atoms with E-state index in [0.717, 1.165) is 11.8 Å². The molecule has 3 aromatic rings. The van der Waals surface area contributed by atoms with E-state index in [1.54, 1.807) is 18.2 Å². The predicted molar refractivity (Wildman–Crippen MR) is 84.4 cm³/mol. The van der Waals surface area contributed by atoms with Gasteiger partial charge in [-0.3, -0.25) is 0 Å². The number of hydrogen-bond donors (Lipinski definition) is 0. The second-order valence-corrected chi connectivity index (χ2v) is 4.81. The summed E-state index contributed by atoms with van der Waals surface area (Å²) in [7, 11) is 0. The number of hydrogen-bond acceptors (Lipinski definition) is 5. The molecule has 0 atom stereocenters. The van der Waals surface area contributed by atoms with Crippen molar-refractivity contribution in [2.45, 2.75) is 6.61 Å². The summed E-state index contributed by atoms with van der Waals surface area (Å²) in [5, 5.41) is 11.3. The third kappa shape index (κ3) is 3.70. The van der Waals surface area contributed by atoms with Gasteiger partial charge in [0.15, 0.2) is 12.4 Å². The molecule has 2 aromatic carbocycles. The number of halogens is 1. The molecule has 0 radical (unpaired) electrons. The molecule has 0 saturated carbocycles. The van der Waals surface area contributed by atoms with E-state index in [1.165, 1.54) is 16.8 Å². The van der Waals surface area contributed by atoms with Crippen LogP contribution in [0.4, 0.5) is 4.39 Å². The first kappa shape index (κ1) is 15.5. The van der Waals surface area contributed by atoms with Gasteiger partial charge in [-0.15, -0.1) is 5.10 Å². The van der Waals surface area contributed by atoms with Crippen molar-refractivity contribution < 1.29 is 13.9 Å². The highest BCUT2D eigenvalue weighted by Gasteiger charge is 2.10. The minimum atomic E-state index is -0.610. The average Bonchev–Trinajstić information content (AvgIpc) is 3.08. The number of ether oxygens (including phenoxy) is 1. The summed E-state index contributed by atoms with van der Waals surface area (Å²) in [6.07, 6.45) is 2.52. The van der Waals surface area contributed by atoms with E-state index in [4.69, 9.17) is 4.74 Å². The molecule has 0 amide bonds. The summed E-state index contributed by atoms with van der Waals surface area (Å²) in [6.45, 7) is -0.0949. The van der Waals surface area contributed by atoms with Crippen LogP contribution < -0.4 is 0 Å². The van der Waals surface area contributed by atoms with Crippen LogP contribution in [0.2, 0.25) is 0 Å². The van der Waals surface area contributed by atoms with E-state index in [9.17, 15) is 9.18 Å². The molecule has 24 heavy (non-hydrogen) atoms.